The maximum Gasteiger partial charge on any atom is 0.232 e. The number of amides is 1. The number of anilines is 1. The minimum Gasteiger partial charge on any atom is -0.303 e. The molecule has 0 saturated heterocycles. The highest BCUT2D eigenvalue weighted by Gasteiger charge is 2.19. The highest BCUT2D eigenvalue weighted by Crippen LogP contribution is 2.29. The summed E-state index contributed by atoms with van der Waals surface area (Å²) in [4.78, 5) is 22.5. The van der Waals surface area contributed by atoms with Crippen molar-refractivity contribution in [3.05, 3.63) is 94.4 Å². The zero-order valence-corrected chi connectivity index (χ0v) is 19.9. The van der Waals surface area contributed by atoms with Gasteiger partial charge in [-0.2, -0.15) is 0 Å². The molecule has 3 aromatic heterocycles. The number of nitrogens with one attached hydrogen (secondary N) is 1. The fourth-order valence-electron chi connectivity index (χ4n) is 3.94. The van der Waals surface area contributed by atoms with Crippen molar-refractivity contribution >= 4 is 28.0 Å². The van der Waals surface area contributed by atoms with E-state index in [2.05, 4.69) is 42.3 Å². The van der Waals surface area contributed by atoms with Crippen LogP contribution < -0.4 is 5.32 Å². The summed E-state index contributed by atoms with van der Waals surface area (Å²) in [6.45, 7) is 6.17. The fourth-order valence-corrected chi connectivity index (χ4v) is 4.68. The van der Waals surface area contributed by atoms with Crippen LogP contribution in [0.2, 0.25) is 0 Å². The molecule has 0 aliphatic heterocycles. The average Bonchev–Trinajstić information content (AvgIpc) is 3.42. The van der Waals surface area contributed by atoms with Crippen molar-refractivity contribution in [2.75, 3.05) is 5.32 Å². The molecule has 5 nitrogen and oxygen atoms in total. The number of pyridine rings is 1. The highest BCUT2D eigenvalue weighted by molar-refractivity contribution is 7.14. The highest BCUT2D eigenvalue weighted by atomic mass is 32.1. The quantitative estimate of drug-likeness (QED) is 0.325. The van der Waals surface area contributed by atoms with Crippen LogP contribution in [0.5, 0.6) is 0 Å². The van der Waals surface area contributed by atoms with E-state index in [9.17, 15) is 9.18 Å². The molecule has 0 aliphatic rings. The number of halogens is 1. The molecular weight excluding hydrogens is 447 g/mol. The topological polar surface area (TPSA) is 59.3 Å². The minimum atomic E-state index is -0.296. The monoisotopic (exact) mass is 470 g/mol. The van der Waals surface area contributed by atoms with Gasteiger partial charge in [0.1, 0.15) is 11.5 Å². The standard InChI is InChI=1S/C27H23FN4OS/c1-16-6-7-20(13-18(16)3)25-23(32-12-4-5-17(2)26(32)31-25)14-24(33)30-27-29-22(15-34-27)19-8-10-21(28)11-9-19/h4-13,15H,14H2,1-3H3,(H,29,30,33). The molecule has 3 heterocycles. The Balaban J connectivity index is 1.45. The van der Waals surface area contributed by atoms with E-state index < -0.39 is 0 Å². The summed E-state index contributed by atoms with van der Waals surface area (Å²) in [5, 5.41) is 5.26. The van der Waals surface area contributed by atoms with E-state index >= 15 is 0 Å². The minimum absolute atomic E-state index is 0.151. The van der Waals surface area contributed by atoms with E-state index in [0.717, 1.165) is 33.7 Å². The maximum absolute atomic E-state index is 13.2. The van der Waals surface area contributed by atoms with E-state index in [-0.39, 0.29) is 18.1 Å². The van der Waals surface area contributed by atoms with Gasteiger partial charge in [0.05, 0.1) is 23.5 Å². The Kier molecular flexibility index (Phi) is 5.71. The third-order valence-corrected chi connectivity index (χ3v) is 6.70. The van der Waals surface area contributed by atoms with E-state index in [1.807, 2.05) is 35.0 Å². The van der Waals surface area contributed by atoms with Crippen LogP contribution in [-0.4, -0.2) is 20.3 Å². The van der Waals surface area contributed by atoms with Gasteiger partial charge in [0.25, 0.3) is 0 Å². The normalized spacial score (nSPS) is 11.2. The Morgan fingerprint density at radius 1 is 0.971 bits per heavy atom. The van der Waals surface area contributed by atoms with Gasteiger partial charge in [-0.25, -0.2) is 14.4 Å². The number of aryl methyl sites for hydroxylation is 3. The number of thiazole rings is 1. The van der Waals surface area contributed by atoms with E-state index in [4.69, 9.17) is 4.98 Å². The summed E-state index contributed by atoms with van der Waals surface area (Å²) in [7, 11) is 0. The number of carbonyl (C=O) groups excluding carboxylic acids is 1. The lowest BCUT2D eigenvalue weighted by Crippen LogP contribution is -2.16. The summed E-state index contributed by atoms with van der Waals surface area (Å²) in [6, 6.07) is 16.4. The molecule has 0 unspecified atom stereocenters. The molecule has 7 heteroatoms. The molecule has 5 aromatic rings. The lowest BCUT2D eigenvalue weighted by molar-refractivity contribution is -0.115. The predicted octanol–water partition coefficient (Wildman–Crippen LogP) is 6.37. The van der Waals surface area contributed by atoms with Crippen molar-refractivity contribution in [1.29, 1.82) is 0 Å². The van der Waals surface area contributed by atoms with Gasteiger partial charge in [-0.15, -0.1) is 11.3 Å². The van der Waals surface area contributed by atoms with Crippen LogP contribution >= 0.6 is 11.3 Å². The van der Waals surface area contributed by atoms with Gasteiger partial charge in [0.2, 0.25) is 5.91 Å². The largest absolute Gasteiger partial charge is 0.303 e. The van der Waals surface area contributed by atoms with Gasteiger partial charge in [-0.05, 0) is 73.9 Å². The van der Waals surface area contributed by atoms with E-state index in [1.165, 1.54) is 34.6 Å². The number of hydrogen-bond donors (Lipinski definition) is 1. The molecular formula is C27H23FN4OS. The summed E-state index contributed by atoms with van der Waals surface area (Å²) < 4.78 is 15.2. The van der Waals surface area contributed by atoms with Crippen LogP contribution in [0.1, 0.15) is 22.4 Å². The van der Waals surface area contributed by atoms with Gasteiger partial charge in [0.15, 0.2) is 5.13 Å². The number of hydrogen-bond acceptors (Lipinski definition) is 4. The molecule has 0 radical (unpaired) electrons. The van der Waals surface area contributed by atoms with Crippen molar-refractivity contribution in [3.63, 3.8) is 0 Å². The summed E-state index contributed by atoms with van der Waals surface area (Å²) in [6.07, 6.45) is 2.09. The third kappa shape index (κ3) is 4.22. The third-order valence-electron chi connectivity index (χ3n) is 5.94. The first-order valence-electron chi connectivity index (χ1n) is 10.9. The number of rotatable bonds is 5. The molecule has 0 spiro atoms. The molecule has 34 heavy (non-hydrogen) atoms. The Morgan fingerprint density at radius 3 is 2.50 bits per heavy atom. The molecule has 0 atom stereocenters. The number of nitrogens with zero attached hydrogens (tertiary/aromatic N) is 3. The maximum atomic E-state index is 13.2. The first kappa shape index (κ1) is 22.0. The fraction of sp³-hybridized carbons (Fsp3) is 0.148. The van der Waals surface area contributed by atoms with Gasteiger partial charge in [-0.3, -0.25) is 4.79 Å². The Hall–Kier alpha value is -3.84. The van der Waals surface area contributed by atoms with Crippen LogP contribution in [0.3, 0.4) is 0 Å². The SMILES string of the molecule is Cc1ccc(-c2nc3c(C)cccn3c2CC(=O)Nc2nc(-c3ccc(F)cc3)cs2)cc1C. The second-order valence-electron chi connectivity index (χ2n) is 8.36. The predicted molar refractivity (Wildman–Crippen MR) is 135 cm³/mol. The van der Waals surface area contributed by atoms with Crippen molar-refractivity contribution in [1.82, 2.24) is 14.4 Å². The Bertz CT molecular complexity index is 1520. The van der Waals surface area contributed by atoms with Crippen LogP contribution in [0.15, 0.2) is 66.2 Å². The molecule has 0 aliphatic carbocycles. The molecule has 170 valence electrons. The number of imidazole rings is 1. The summed E-state index contributed by atoms with van der Waals surface area (Å²) in [5.41, 5.74) is 8.39. The Morgan fingerprint density at radius 2 is 1.74 bits per heavy atom. The molecule has 5 rings (SSSR count). The van der Waals surface area contributed by atoms with Gasteiger partial charge >= 0.3 is 0 Å². The smallest absolute Gasteiger partial charge is 0.232 e. The number of aromatic nitrogens is 3. The summed E-state index contributed by atoms with van der Waals surface area (Å²) >= 11 is 1.34. The van der Waals surface area contributed by atoms with Crippen molar-refractivity contribution < 1.29 is 9.18 Å². The first-order chi connectivity index (χ1) is 16.4. The first-order valence-corrected chi connectivity index (χ1v) is 11.8. The number of fused-ring (bicyclic) bond motifs is 1. The molecule has 0 fully saturated rings. The van der Waals surface area contributed by atoms with Gasteiger partial charge in [0, 0.05) is 22.7 Å². The van der Waals surface area contributed by atoms with E-state index in [0.29, 0.717) is 10.8 Å². The molecule has 1 N–H and O–H groups in total. The van der Waals surface area contributed by atoms with Crippen LogP contribution in [0, 0.1) is 26.6 Å². The molecule has 1 amide bonds. The summed E-state index contributed by atoms with van der Waals surface area (Å²) in [5.74, 6) is -0.469. The van der Waals surface area contributed by atoms with Crippen LogP contribution in [0.4, 0.5) is 9.52 Å². The second kappa shape index (κ2) is 8.83. The van der Waals surface area contributed by atoms with Gasteiger partial charge < -0.3 is 9.72 Å². The van der Waals surface area contributed by atoms with Crippen molar-refractivity contribution in [2.24, 2.45) is 0 Å². The molecule has 0 bridgehead atoms. The van der Waals surface area contributed by atoms with E-state index in [1.54, 1.807) is 12.1 Å². The van der Waals surface area contributed by atoms with Crippen LogP contribution in [-0.2, 0) is 11.2 Å². The van der Waals surface area contributed by atoms with Gasteiger partial charge in [-0.1, -0.05) is 18.2 Å². The molecule has 0 saturated carbocycles. The second-order valence-corrected chi connectivity index (χ2v) is 9.22. The Labute approximate surface area is 201 Å². The lowest BCUT2D eigenvalue weighted by atomic mass is 10.0. The number of benzene rings is 2. The zero-order valence-electron chi connectivity index (χ0n) is 19.1. The lowest BCUT2D eigenvalue weighted by Gasteiger charge is -2.08. The zero-order chi connectivity index (χ0) is 23.8. The van der Waals surface area contributed by atoms with Crippen molar-refractivity contribution in [3.8, 4) is 22.5 Å². The molecule has 2 aromatic carbocycles. The number of carbonyl (C=O) groups is 1. The van der Waals surface area contributed by atoms with Crippen molar-refractivity contribution in [2.45, 2.75) is 27.2 Å². The average molecular weight is 471 g/mol. The van der Waals surface area contributed by atoms with Crippen LogP contribution in [0.25, 0.3) is 28.2 Å².